The summed E-state index contributed by atoms with van der Waals surface area (Å²) in [5.74, 6) is -0.629. The van der Waals surface area contributed by atoms with Crippen LogP contribution in [0.25, 0.3) is 0 Å². The fraction of sp³-hybridized carbons (Fsp3) is 0.636. The Bertz CT molecular complexity index is 940. The Morgan fingerprint density at radius 2 is 1.83 bits per heavy atom. The maximum atomic E-state index is 13.0. The van der Waals surface area contributed by atoms with E-state index in [1.54, 1.807) is 4.90 Å². The second-order valence-electron chi connectivity index (χ2n) is 8.98. The van der Waals surface area contributed by atoms with E-state index in [1.165, 1.54) is 6.42 Å². The van der Waals surface area contributed by atoms with Gasteiger partial charge in [-0.1, -0.05) is 18.6 Å². The average molecular weight is 434 g/mol. The molecule has 0 aromatic heterocycles. The molecule has 3 fully saturated rings. The third-order valence-corrected chi connectivity index (χ3v) is 8.59. The molecule has 3 aliphatic rings. The lowest BCUT2D eigenvalue weighted by atomic mass is 10.0. The van der Waals surface area contributed by atoms with E-state index in [0.717, 1.165) is 42.7 Å². The summed E-state index contributed by atoms with van der Waals surface area (Å²) >= 11 is 0. The first-order valence-corrected chi connectivity index (χ1v) is 12.7. The van der Waals surface area contributed by atoms with Crippen molar-refractivity contribution in [1.29, 1.82) is 0 Å². The Morgan fingerprint density at radius 1 is 1.10 bits per heavy atom. The highest BCUT2D eigenvalue weighted by Crippen LogP contribution is 2.30. The third kappa shape index (κ3) is 4.25. The highest BCUT2D eigenvalue weighted by atomic mass is 32.2. The first-order valence-electron chi connectivity index (χ1n) is 10.9. The van der Waals surface area contributed by atoms with E-state index in [9.17, 15) is 18.0 Å². The molecule has 8 heteroatoms. The Morgan fingerprint density at radius 3 is 2.57 bits per heavy atom. The zero-order valence-electron chi connectivity index (χ0n) is 17.8. The number of rotatable bonds is 4. The molecule has 0 aliphatic carbocycles. The Labute approximate surface area is 178 Å². The molecule has 3 aliphatic heterocycles. The van der Waals surface area contributed by atoms with Crippen molar-refractivity contribution in [2.75, 3.05) is 36.0 Å². The van der Waals surface area contributed by atoms with Crippen molar-refractivity contribution < 1.29 is 18.0 Å². The summed E-state index contributed by atoms with van der Waals surface area (Å²) < 4.78 is 24.6. The van der Waals surface area contributed by atoms with Crippen molar-refractivity contribution in [2.24, 2.45) is 5.92 Å². The van der Waals surface area contributed by atoms with Crippen molar-refractivity contribution in [2.45, 2.75) is 51.6 Å². The number of carbonyl (C=O) groups excluding carboxylic acids is 2. The largest absolute Gasteiger partial charge is 0.350 e. The quantitative estimate of drug-likeness (QED) is 0.776. The zero-order chi connectivity index (χ0) is 21.5. The van der Waals surface area contributed by atoms with Gasteiger partial charge in [0.1, 0.15) is 0 Å². The number of amides is 2. The van der Waals surface area contributed by atoms with E-state index in [-0.39, 0.29) is 35.8 Å². The summed E-state index contributed by atoms with van der Waals surface area (Å²) in [6, 6.07) is 5.28. The topological polar surface area (TPSA) is 86.8 Å². The number of hydrogen-bond acceptors (Lipinski definition) is 5. The van der Waals surface area contributed by atoms with E-state index >= 15 is 0 Å². The summed E-state index contributed by atoms with van der Waals surface area (Å²) in [4.78, 5) is 29.6. The number of carbonyl (C=O) groups is 2. The second kappa shape index (κ2) is 8.30. The normalized spacial score (nSPS) is 29.3. The van der Waals surface area contributed by atoms with Gasteiger partial charge in [-0.3, -0.25) is 14.5 Å². The third-order valence-electron chi connectivity index (χ3n) is 6.87. The predicted molar refractivity (Wildman–Crippen MR) is 116 cm³/mol. The van der Waals surface area contributed by atoms with Gasteiger partial charge in [0.05, 0.1) is 23.5 Å². The summed E-state index contributed by atoms with van der Waals surface area (Å²) in [6.07, 6.45) is 3.47. The molecular weight excluding hydrogens is 402 g/mol. The Hall–Kier alpha value is -1.93. The van der Waals surface area contributed by atoms with E-state index in [4.69, 9.17) is 0 Å². The number of nitrogens with one attached hydrogen (secondary N) is 1. The lowest BCUT2D eigenvalue weighted by Crippen LogP contribution is -2.53. The standard InChI is InChI=1S/C22H31N3O4S/c1-15-7-6-8-19(16(15)2)25-12-17(11-21(25)26)22(27)23-18-13-30(28,29)14-20(18)24-9-4-3-5-10-24/h6-8,17-18,20H,3-5,9-14H2,1-2H3,(H,23,27). The van der Waals surface area contributed by atoms with Crippen molar-refractivity contribution in [1.82, 2.24) is 10.2 Å². The SMILES string of the molecule is Cc1cccc(N2CC(C(=O)NC3CS(=O)(=O)CC3N3CCCCC3)CC2=O)c1C. The first kappa shape index (κ1) is 21.3. The van der Waals surface area contributed by atoms with Crippen LogP contribution in [0.5, 0.6) is 0 Å². The van der Waals surface area contributed by atoms with Gasteiger partial charge in [0.2, 0.25) is 11.8 Å². The molecule has 30 heavy (non-hydrogen) atoms. The van der Waals surface area contributed by atoms with Crippen LogP contribution in [0.2, 0.25) is 0 Å². The molecule has 1 aromatic rings. The first-order chi connectivity index (χ1) is 14.2. The van der Waals surface area contributed by atoms with Crippen LogP contribution < -0.4 is 10.2 Å². The number of hydrogen-bond donors (Lipinski definition) is 1. The molecule has 2 amide bonds. The van der Waals surface area contributed by atoms with Gasteiger partial charge < -0.3 is 10.2 Å². The Balaban J connectivity index is 1.45. The van der Waals surface area contributed by atoms with Crippen LogP contribution in [0.15, 0.2) is 18.2 Å². The van der Waals surface area contributed by atoms with Gasteiger partial charge in [-0.25, -0.2) is 8.42 Å². The summed E-state index contributed by atoms with van der Waals surface area (Å²) in [5, 5.41) is 3.00. The summed E-state index contributed by atoms with van der Waals surface area (Å²) in [6.45, 7) is 6.09. The van der Waals surface area contributed by atoms with Crippen molar-refractivity contribution >= 4 is 27.3 Å². The van der Waals surface area contributed by atoms with Crippen LogP contribution in [-0.2, 0) is 19.4 Å². The molecule has 0 bridgehead atoms. The highest BCUT2D eigenvalue weighted by molar-refractivity contribution is 7.91. The number of aryl methyl sites for hydroxylation is 1. The van der Waals surface area contributed by atoms with E-state index in [2.05, 4.69) is 10.2 Å². The molecule has 4 rings (SSSR count). The van der Waals surface area contributed by atoms with Crippen molar-refractivity contribution in [3.05, 3.63) is 29.3 Å². The van der Waals surface area contributed by atoms with Crippen LogP contribution in [0.1, 0.15) is 36.8 Å². The number of nitrogens with zero attached hydrogens (tertiary/aromatic N) is 2. The van der Waals surface area contributed by atoms with Gasteiger partial charge in [0.15, 0.2) is 9.84 Å². The van der Waals surface area contributed by atoms with Gasteiger partial charge in [-0.15, -0.1) is 0 Å². The van der Waals surface area contributed by atoms with Crippen LogP contribution in [-0.4, -0.2) is 68.4 Å². The molecule has 1 N–H and O–H groups in total. The molecular formula is C22H31N3O4S. The van der Waals surface area contributed by atoms with Gasteiger partial charge in [-0.05, 0) is 57.0 Å². The minimum absolute atomic E-state index is 0.0126. The van der Waals surface area contributed by atoms with Crippen LogP contribution in [0, 0.1) is 19.8 Å². The van der Waals surface area contributed by atoms with Gasteiger partial charge in [-0.2, -0.15) is 0 Å². The highest BCUT2D eigenvalue weighted by Gasteiger charge is 2.44. The number of anilines is 1. The summed E-state index contributed by atoms with van der Waals surface area (Å²) in [7, 11) is -3.17. The molecule has 0 spiro atoms. The van der Waals surface area contributed by atoms with E-state index < -0.39 is 21.8 Å². The second-order valence-corrected chi connectivity index (χ2v) is 11.1. The summed E-state index contributed by atoms with van der Waals surface area (Å²) in [5.41, 5.74) is 3.00. The molecule has 1 aromatic carbocycles. The fourth-order valence-corrected chi connectivity index (χ4v) is 6.97. The lowest BCUT2D eigenvalue weighted by Gasteiger charge is -2.35. The maximum absolute atomic E-state index is 13.0. The van der Waals surface area contributed by atoms with Crippen molar-refractivity contribution in [3.63, 3.8) is 0 Å². The average Bonchev–Trinajstić information content (AvgIpc) is 3.24. The maximum Gasteiger partial charge on any atom is 0.227 e. The van der Waals surface area contributed by atoms with Crippen LogP contribution in [0.3, 0.4) is 0 Å². The van der Waals surface area contributed by atoms with Crippen LogP contribution in [0.4, 0.5) is 5.69 Å². The zero-order valence-corrected chi connectivity index (χ0v) is 18.6. The minimum Gasteiger partial charge on any atom is -0.350 e. The Kier molecular flexibility index (Phi) is 5.90. The number of sulfone groups is 1. The molecule has 3 heterocycles. The predicted octanol–water partition coefficient (Wildman–Crippen LogP) is 1.42. The van der Waals surface area contributed by atoms with Gasteiger partial charge >= 0.3 is 0 Å². The van der Waals surface area contributed by atoms with Gasteiger partial charge in [0, 0.05) is 24.7 Å². The number of likely N-dealkylation sites (tertiary alicyclic amines) is 1. The molecule has 3 unspecified atom stereocenters. The molecule has 0 saturated carbocycles. The van der Waals surface area contributed by atoms with Crippen molar-refractivity contribution in [3.8, 4) is 0 Å². The molecule has 3 atom stereocenters. The van der Waals surface area contributed by atoms with Crippen LogP contribution >= 0.6 is 0 Å². The smallest absolute Gasteiger partial charge is 0.227 e. The van der Waals surface area contributed by atoms with Gasteiger partial charge in [0.25, 0.3) is 0 Å². The fourth-order valence-electron chi connectivity index (χ4n) is 5.02. The molecule has 3 saturated heterocycles. The molecule has 0 radical (unpaired) electrons. The lowest BCUT2D eigenvalue weighted by molar-refractivity contribution is -0.127. The number of piperidine rings is 1. The minimum atomic E-state index is -3.17. The number of benzene rings is 1. The van der Waals surface area contributed by atoms with E-state index in [1.807, 2.05) is 32.0 Å². The monoisotopic (exact) mass is 433 g/mol. The molecule has 164 valence electrons. The molecule has 7 nitrogen and oxygen atoms in total. The van der Waals surface area contributed by atoms with E-state index in [0.29, 0.717) is 6.54 Å².